The van der Waals surface area contributed by atoms with E-state index in [1.165, 1.54) is 11.8 Å². The maximum absolute atomic E-state index is 12.6. The Labute approximate surface area is 186 Å². The van der Waals surface area contributed by atoms with Crippen molar-refractivity contribution >= 4 is 17.7 Å². The summed E-state index contributed by atoms with van der Waals surface area (Å²) < 4.78 is 12.9. The molecule has 8 nitrogen and oxygen atoms in total. The minimum atomic E-state index is -0.124. The van der Waals surface area contributed by atoms with Crippen molar-refractivity contribution in [3.05, 3.63) is 48.7 Å². The summed E-state index contributed by atoms with van der Waals surface area (Å²) in [7, 11) is 0. The van der Waals surface area contributed by atoms with Crippen molar-refractivity contribution in [1.29, 1.82) is 0 Å². The SMILES string of the molecule is CC(C)(CNC(=O)CSc1nnc(-c2ccco2)n1-c1ccccc1)N1CCOCC1. The Balaban J connectivity index is 1.42. The highest BCUT2D eigenvalue weighted by atomic mass is 32.2. The van der Waals surface area contributed by atoms with Gasteiger partial charge in [0.05, 0.1) is 25.2 Å². The molecule has 0 spiro atoms. The summed E-state index contributed by atoms with van der Waals surface area (Å²) >= 11 is 1.36. The molecule has 1 saturated heterocycles. The van der Waals surface area contributed by atoms with Crippen LogP contribution in [0.4, 0.5) is 0 Å². The van der Waals surface area contributed by atoms with E-state index in [4.69, 9.17) is 9.15 Å². The van der Waals surface area contributed by atoms with Gasteiger partial charge in [-0.05, 0) is 38.1 Å². The molecule has 4 rings (SSSR count). The van der Waals surface area contributed by atoms with E-state index in [2.05, 4.69) is 34.3 Å². The average molecular weight is 442 g/mol. The van der Waals surface area contributed by atoms with Gasteiger partial charge in [0.2, 0.25) is 11.7 Å². The number of carbonyl (C=O) groups excluding carboxylic acids is 1. The van der Waals surface area contributed by atoms with Gasteiger partial charge in [0.15, 0.2) is 10.9 Å². The van der Waals surface area contributed by atoms with Gasteiger partial charge in [-0.3, -0.25) is 14.3 Å². The van der Waals surface area contributed by atoms with Gasteiger partial charge in [0.1, 0.15) is 0 Å². The number of benzene rings is 1. The first-order chi connectivity index (χ1) is 15.0. The van der Waals surface area contributed by atoms with Crippen LogP contribution >= 0.6 is 11.8 Å². The fraction of sp³-hybridized carbons (Fsp3) is 0.409. The van der Waals surface area contributed by atoms with Gasteiger partial charge in [-0.2, -0.15) is 0 Å². The number of nitrogens with zero attached hydrogens (tertiary/aromatic N) is 4. The number of aromatic nitrogens is 3. The topological polar surface area (TPSA) is 85.4 Å². The fourth-order valence-electron chi connectivity index (χ4n) is 3.52. The predicted octanol–water partition coefficient (Wildman–Crippen LogP) is 2.85. The molecule has 0 atom stereocenters. The van der Waals surface area contributed by atoms with Crippen molar-refractivity contribution < 1.29 is 13.9 Å². The van der Waals surface area contributed by atoms with Crippen LogP contribution in [0, 0.1) is 0 Å². The van der Waals surface area contributed by atoms with Gasteiger partial charge in [-0.1, -0.05) is 30.0 Å². The van der Waals surface area contributed by atoms with Crippen molar-refractivity contribution in [2.24, 2.45) is 0 Å². The van der Waals surface area contributed by atoms with Gasteiger partial charge in [0, 0.05) is 30.9 Å². The largest absolute Gasteiger partial charge is 0.461 e. The number of morpholine rings is 1. The standard InChI is InChI=1S/C22H27N5O3S/c1-22(2,26-10-13-29-14-11-26)16-23-19(28)15-31-21-25-24-20(18-9-6-12-30-18)27(21)17-7-4-3-5-8-17/h3-9,12H,10-11,13-16H2,1-2H3,(H,23,28). The van der Waals surface area contributed by atoms with Crippen LogP contribution in [0.1, 0.15) is 13.8 Å². The van der Waals surface area contributed by atoms with E-state index in [0.717, 1.165) is 32.0 Å². The second kappa shape index (κ2) is 9.67. The summed E-state index contributed by atoms with van der Waals surface area (Å²) in [4.78, 5) is 14.9. The molecule has 2 aromatic heterocycles. The zero-order chi connectivity index (χ0) is 21.7. The lowest BCUT2D eigenvalue weighted by molar-refractivity contribution is -0.119. The summed E-state index contributed by atoms with van der Waals surface area (Å²) in [5.41, 5.74) is 0.788. The number of rotatable bonds is 8. The normalized spacial score (nSPS) is 15.2. The smallest absolute Gasteiger partial charge is 0.230 e. The zero-order valence-electron chi connectivity index (χ0n) is 17.8. The van der Waals surface area contributed by atoms with Crippen molar-refractivity contribution in [2.75, 3.05) is 38.6 Å². The number of nitrogens with one attached hydrogen (secondary N) is 1. The Morgan fingerprint density at radius 3 is 2.61 bits per heavy atom. The van der Waals surface area contributed by atoms with Gasteiger partial charge in [0.25, 0.3) is 0 Å². The highest BCUT2D eigenvalue weighted by Crippen LogP contribution is 2.28. The quantitative estimate of drug-likeness (QED) is 0.538. The van der Waals surface area contributed by atoms with Crippen LogP contribution in [-0.2, 0) is 9.53 Å². The van der Waals surface area contributed by atoms with Gasteiger partial charge >= 0.3 is 0 Å². The average Bonchev–Trinajstić information content (AvgIpc) is 3.47. The zero-order valence-corrected chi connectivity index (χ0v) is 18.6. The fourth-order valence-corrected chi connectivity index (χ4v) is 4.30. The molecule has 164 valence electrons. The van der Waals surface area contributed by atoms with E-state index in [-0.39, 0.29) is 17.2 Å². The number of amides is 1. The molecule has 9 heteroatoms. The van der Waals surface area contributed by atoms with Gasteiger partial charge in [-0.25, -0.2) is 0 Å². The number of thioether (sulfide) groups is 1. The number of hydrogen-bond acceptors (Lipinski definition) is 7. The Morgan fingerprint density at radius 1 is 1.13 bits per heavy atom. The van der Waals surface area contributed by atoms with Crippen LogP contribution in [-0.4, -0.2) is 69.7 Å². The highest BCUT2D eigenvalue weighted by molar-refractivity contribution is 7.99. The Morgan fingerprint density at radius 2 is 1.90 bits per heavy atom. The summed E-state index contributed by atoms with van der Waals surface area (Å²) in [5, 5.41) is 12.3. The van der Waals surface area contributed by atoms with E-state index in [1.54, 1.807) is 6.26 Å². The summed E-state index contributed by atoms with van der Waals surface area (Å²) in [6, 6.07) is 13.5. The first-order valence-corrected chi connectivity index (χ1v) is 11.3. The van der Waals surface area contributed by atoms with E-state index < -0.39 is 0 Å². The second-order valence-electron chi connectivity index (χ2n) is 7.93. The molecule has 1 fully saturated rings. The first-order valence-electron chi connectivity index (χ1n) is 10.3. The molecule has 1 amide bonds. The molecule has 0 unspecified atom stereocenters. The Hall–Kier alpha value is -2.62. The minimum Gasteiger partial charge on any atom is -0.461 e. The van der Waals surface area contributed by atoms with Crippen molar-refractivity contribution in [2.45, 2.75) is 24.5 Å². The lowest BCUT2D eigenvalue weighted by Crippen LogP contribution is -2.55. The van der Waals surface area contributed by atoms with E-state index in [0.29, 0.717) is 23.3 Å². The third kappa shape index (κ3) is 5.17. The summed E-state index contributed by atoms with van der Waals surface area (Å²) in [5.74, 6) is 1.45. The maximum Gasteiger partial charge on any atom is 0.230 e. The molecule has 1 aliphatic heterocycles. The van der Waals surface area contributed by atoms with E-state index in [1.807, 2.05) is 47.0 Å². The van der Waals surface area contributed by atoms with Crippen molar-refractivity contribution in [1.82, 2.24) is 25.0 Å². The molecule has 0 bridgehead atoms. The van der Waals surface area contributed by atoms with Crippen LogP contribution in [0.25, 0.3) is 17.3 Å². The predicted molar refractivity (Wildman–Crippen MR) is 119 cm³/mol. The molecule has 0 saturated carbocycles. The monoisotopic (exact) mass is 441 g/mol. The molecule has 0 radical (unpaired) electrons. The lowest BCUT2D eigenvalue weighted by atomic mass is 10.0. The van der Waals surface area contributed by atoms with Crippen LogP contribution in [0.2, 0.25) is 0 Å². The highest BCUT2D eigenvalue weighted by Gasteiger charge is 2.28. The molecule has 1 aromatic carbocycles. The van der Waals surface area contributed by atoms with Gasteiger partial charge in [-0.15, -0.1) is 10.2 Å². The molecule has 1 aliphatic rings. The molecular weight excluding hydrogens is 414 g/mol. The molecule has 3 aromatic rings. The summed E-state index contributed by atoms with van der Waals surface area (Å²) in [6.45, 7) is 8.11. The molecular formula is C22H27N5O3S. The lowest BCUT2D eigenvalue weighted by Gasteiger charge is -2.40. The van der Waals surface area contributed by atoms with Crippen molar-refractivity contribution in [3.8, 4) is 17.3 Å². The van der Waals surface area contributed by atoms with Crippen LogP contribution in [0.15, 0.2) is 58.3 Å². The van der Waals surface area contributed by atoms with Crippen LogP contribution < -0.4 is 5.32 Å². The third-order valence-electron chi connectivity index (χ3n) is 5.31. The molecule has 3 heterocycles. The first kappa shape index (κ1) is 21.6. The number of para-hydroxylation sites is 1. The van der Waals surface area contributed by atoms with E-state index in [9.17, 15) is 4.79 Å². The number of furan rings is 1. The number of carbonyl (C=O) groups is 1. The van der Waals surface area contributed by atoms with Crippen LogP contribution in [0.3, 0.4) is 0 Å². The second-order valence-corrected chi connectivity index (χ2v) is 8.87. The Bertz CT molecular complexity index is 982. The van der Waals surface area contributed by atoms with Gasteiger partial charge < -0.3 is 14.5 Å². The third-order valence-corrected chi connectivity index (χ3v) is 6.24. The molecule has 31 heavy (non-hydrogen) atoms. The maximum atomic E-state index is 12.6. The molecule has 1 N–H and O–H groups in total. The Kier molecular flexibility index (Phi) is 6.74. The molecule has 0 aliphatic carbocycles. The number of hydrogen-bond donors (Lipinski definition) is 1. The minimum absolute atomic E-state index is 0.0338. The van der Waals surface area contributed by atoms with Crippen molar-refractivity contribution in [3.63, 3.8) is 0 Å². The van der Waals surface area contributed by atoms with Crippen LogP contribution in [0.5, 0.6) is 0 Å². The number of ether oxygens (including phenoxy) is 1. The summed E-state index contributed by atoms with van der Waals surface area (Å²) in [6.07, 6.45) is 1.61. The van der Waals surface area contributed by atoms with E-state index >= 15 is 0 Å².